The molecule has 0 unspecified atom stereocenters. The van der Waals surface area contributed by atoms with Crippen molar-refractivity contribution in [2.24, 2.45) is 10.9 Å². The van der Waals surface area contributed by atoms with E-state index in [1.807, 2.05) is 11.8 Å². The number of nitrogens with zero attached hydrogens (tertiary/aromatic N) is 4. The van der Waals surface area contributed by atoms with Gasteiger partial charge in [0.1, 0.15) is 5.69 Å². The van der Waals surface area contributed by atoms with E-state index in [1.165, 1.54) is 0 Å². The molecule has 2 N–H and O–H groups in total. The van der Waals surface area contributed by atoms with E-state index >= 15 is 0 Å². The fourth-order valence-electron chi connectivity index (χ4n) is 2.34. The first kappa shape index (κ1) is 13.2. The summed E-state index contributed by atoms with van der Waals surface area (Å²) in [4.78, 5) is 39.4. The second-order valence-electron chi connectivity index (χ2n) is 4.31. The average Bonchev–Trinajstić information content (AvgIpc) is 3.03. The van der Waals surface area contributed by atoms with Crippen LogP contribution in [0.1, 0.15) is 40.7 Å². The van der Waals surface area contributed by atoms with Gasteiger partial charge in [0.05, 0.1) is 0 Å². The lowest BCUT2D eigenvalue weighted by Gasteiger charge is -2.17. The Balaban J connectivity index is 2.57. The average molecular weight is 265 g/mol. The van der Waals surface area contributed by atoms with Crippen LogP contribution in [-0.2, 0) is 6.54 Å². The Labute approximate surface area is 109 Å². The summed E-state index contributed by atoms with van der Waals surface area (Å²) in [6, 6.07) is 0. The molecule has 2 rings (SSSR count). The molecule has 0 atom stereocenters. The summed E-state index contributed by atoms with van der Waals surface area (Å²) >= 11 is 0. The second kappa shape index (κ2) is 5.17. The first-order chi connectivity index (χ1) is 9.10. The highest BCUT2D eigenvalue weighted by Gasteiger charge is 2.29. The highest BCUT2D eigenvalue weighted by Crippen LogP contribution is 2.24. The van der Waals surface area contributed by atoms with E-state index in [-0.39, 0.29) is 11.4 Å². The molecule has 0 saturated carbocycles. The maximum Gasteiger partial charge on any atom is 0.337 e. The molecule has 8 nitrogen and oxygen atoms in total. The Kier molecular flexibility index (Phi) is 3.59. The molecule has 0 spiro atoms. The molecule has 1 saturated heterocycles. The molecule has 1 aliphatic rings. The number of hydrogen-bond acceptors (Lipinski definition) is 5. The van der Waals surface area contributed by atoms with Crippen LogP contribution in [-0.4, -0.2) is 34.5 Å². The summed E-state index contributed by atoms with van der Waals surface area (Å²) in [5.41, 5.74) is 4.98. The van der Waals surface area contributed by atoms with Gasteiger partial charge >= 0.3 is 5.91 Å². The monoisotopic (exact) mass is 265 g/mol. The van der Waals surface area contributed by atoms with Crippen molar-refractivity contribution in [3.63, 3.8) is 0 Å². The molecule has 8 heteroatoms. The molecule has 2 heterocycles. The van der Waals surface area contributed by atoms with Crippen LogP contribution in [0.25, 0.3) is 0 Å². The van der Waals surface area contributed by atoms with Gasteiger partial charge in [0.15, 0.2) is 5.69 Å². The first-order valence-electron chi connectivity index (χ1n) is 6.13. The van der Waals surface area contributed by atoms with Crippen molar-refractivity contribution in [2.45, 2.75) is 26.3 Å². The van der Waals surface area contributed by atoms with Crippen LogP contribution < -0.4 is 10.6 Å². The SMILES string of the molecule is CCn1c(N2CCCC2)nc(C(=O)N=O)c1C(N)=O. The molecule has 0 radical (unpaired) electrons. The van der Waals surface area contributed by atoms with Crippen molar-refractivity contribution in [1.29, 1.82) is 0 Å². The van der Waals surface area contributed by atoms with Crippen molar-refractivity contribution in [2.75, 3.05) is 18.0 Å². The minimum atomic E-state index is -1.07. The summed E-state index contributed by atoms with van der Waals surface area (Å²) in [6.07, 6.45) is 2.05. The Bertz CT molecular complexity index is 531. The fraction of sp³-hybridized carbons (Fsp3) is 0.545. The van der Waals surface area contributed by atoms with Gasteiger partial charge in [0, 0.05) is 24.8 Å². The number of anilines is 1. The van der Waals surface area contributed by atoms with Gasteiger partial charge < -0.3 is 15.2 Å². The quantitative estimate of drug-likeness (QED) is 0.797. The third kappa shape index (κ3) is 2.20. The molecular weight excluding hydrogens is 250 g/mol. The number of imidazole rings is 1. The van der Waals surface area contributed by atoms with Crippen molar-refractivity contribution < 1.29 is 9.59 Å². The number of nitroso groups, excluding NO2 is 1. The summed E-state index contributed by atoms with van der Waals surface area (Å²) in [6.45, 7) is 3.86. The molecule has 19 heavy (non-hydrogen) atoms. The van der Waals surface area contributed by atoms with Gasteiger partial charge in [0.25, 0.3) is 5.91 Å². The number of primary amides is 1. The molecular formula is C11H15N5O3. The van der Waals surface area contributed by atoms with Crippen molar-refractivity contribution in [3.05, 3.63) is 16.3 Å². The van der Waals surface area contributed by atoms with Crippen molar-refractivity contribution in [3.8, 4) is 0 Å². The zero-order valence-corrected chi connectivity index (χ0v) is 10.6. The summed E-state index contributed by atoms with van der Waals surface area (Å²) in [5, 5.41) is 2.33. The number of carbonyl (C=O) groups excluding carboxylic acids is 2. The predicted octanol–water partition coefficient (Wildman–Crippen LogP) is 0.509. The zero-order valence-electron chi connectivity index (χ0n) is 10.6. The number of aromatic nitrogens is 2. The van der Waals surface area contributed by atoms with Crippen molar-refractivity contribution in [1.82, 2.24) is 9.55 Å². The van der Waals surface area contributed by atoms with Gasteiger partial charge in [-0.05, 0) is 19.8 Å². The number of rotatable bonds is 4. The molecule has 1 aromatic rings. The molecule has 2 amide bonds. The van der Waals surface area contributed by atoms with Gasteiger partial charge in [-0.1, -0.05) is 0 Å². The van der Waals surface area contributed by atoms with E-state index < -0.39 is 11.8 Å². The molecule has 1 aliphatic heterocycles. The van der Waals surface area contributed by atoms with E-state index in [2.05, 4.69) is 10.2 Å². The third-order valence-corrected chi connectivity index (χ3v) is 3.17. The maximum atomic E-state index is 11.5. The lowest BCUT2D eigenvalue weighted by Crippen LogP contribution is -2.24. The van der Waals surface area contributed by atoms with Gasteiger partial charge in [-0.25, -0.2) is 4.98 Å². The van der Waals surface area contributed by atoms with Crippen LogP contribution in [0.3, 0.4) is 0 Å². The van der Waals surface area contributed by atoms with Crippen LogP contribution in [0.5, 0.6) is 0 Å². The summed E-state index contributed by atoms with van der Waals surface area (Å²) in [7, 11) is 0. The van der Waals surface area contributed by atoms with Gasteiger partial charge in [-0.3, -0.25) is 9.59 Å². The Morgan fingerprint density at radius 1 is 1.37 bits per heavy atom. The Morgan fingerprint density at radius 3 is 2.47 bits per heavy atom. The van der Waals surface area contributed by atoms with Crippen LogP contribution in [0, 0.1) is 4.91 Å². The normalized spacial score (nSPS) is 14.7. The highest BCUT2D eigenvalue weighted by atomic mass is 16.3. The van der Waals surface area contributed by atoms with E-state index in [4.69, 9.17) is 5.73 Å². The lowest BCUT2D eigenvalue weighted by atomic mass is 10.3. The number of hydrogen-bond donors (Lipinski definition) is 1. The van der Waals surface area contributed by atoms with Crippen LogP contribution in [0.2, 0.25) is 0 Å². The molecule has 1 fully saturated rings. The first-order valence-corrected chi connectivity index (χ1v) is 6.13. The number of nitrogens with two attached hydrogens (primary N) is 1. The smallest absolute Gasteiger partial charge is 0.337 e. The van der Waals surface area contributed by atoms with E-state index in [0.717, 1.165) is 25.9 Å². The Hall–Kier alpha value is -2.25. The number of amides is 2. The molecule has 102 valence electrons. The van der Waals surface area contributed by atoms with Crippen LogP contribution in [0.15, 0.2) is 5.18 Å². The Morgan fingerprint density at radius 2 is 2.00 bits per heavy atom. The molecule has 0 aromatic carbocycles. The third-order valence-electron chi connectivity index (χ3n) is 3.17. The van der Waals surface area contributed by atoms with Gasteiger partial charge in [-0.2, -0.15) is 0 Å². The van der Waals surface area contributed by atoms with Crippen molar-refractivity contribution >= 4 is 17.8 Å². The second-order valence-corrected chi connectivity index (χ2v) is 4.31. The zero-order chi connectivity index (χ0) is 14.0. The topological polar surface area (TPSA) is 111 Å². The molecule has 0 bridgehead atoms. The van der Waals surface area contributed by atoms with E-state index in [1.54, 1.807) is 4.57 Å². The van der Waals surface area contributed by atoms with E-state index in [0.29, 0.717) is 12.5 Å². The van der Waals surface area contributed by atoms with Gasteiger partial charge in [-0.15, -0.1) is 4.91 Å². The minimum Gasteiger partial charge on any atom is -0.364 e. The largest absolute Gasteiger partial charge is 0.364 e. The minimum absolute atomic E-state index is 0.0472. The van der Waals surface area contributed by atoms with Gasteiger partial charge in [0.2, 0.25) is 5.95 Å². The molecule has 0 aliphatic carbocycles. The number of carbonyl (C=O) groups is 2. The summed E-state index contributed by atoms with van der Waals surface area (Å²) < 4.78 is 1.56. The van der Waals surface area contributed by atoms with Crippen LogP contribution in [0.4, 0.5) is 5.95 Å². The molecule has 1 aromatic heterocycles. The summed E-state index contributed by atoms with van der Waals surface area (Å²) in [5.74, 6) is -1.35. The fourth-order valence-corrected chi connectivity index (χ4v) is 2.34. The van der Waals surface area contributed by atoms with Crippen LogP contribution >= 0.6 is 0 Å². The predicted molar refractivity (Wildman–Crippen MR) is 68.0 cm³/mol. The standard InChI is InChI=1S/C11H15N5O3/c1-2-16-8(9(12)17)7(10(18)14-19)13-11(16)15-5-3-4-6-15/h2-6H2,1H3,(H2,12,17). The maximum absolute atomic E-state index is 11.5. The van der Waals surface area contributed by atoms with E-state index in [9.17, 15) is 14.5 Å². The lowest BCUT2D eigenvalue weighted by molar-refractivity contribution is 0.0959. The highest BCUT2D eigenvalue weighted by molar-refractivity contribution is 6.05.